The van der Waals surface area contributed by atoms with Gasteiger partial charge in [0.2, 0.25) is 0 Å². The number of unbranched alkanes of at least 4 members (excludes halogenated alkanes) is 2. The van der Waals surface area contributed by atoms with Gasteiger partial charge in [0.15, 0.2) is 0 Å². The highest BCUT2D eigenvalue weighted by molar-refractivity contribution is 5.34. The zero-order valence-corrected chi connectivity index (χ0v) is 9.65. The molecule has 0 bridgehead atoms. The molecule has 0 spiro atoms. The van der Waals surface area contributed by atoms with Gasteiger partial charge in [0.25, 0.3) is 0 Å². The Morgan fingerprint density at radius 1 is 1.25 bits per heavy atom. The van der Waals surface area contributed by atoms with Crippen LogP contribution in [0.25, 0.3) is 0 Å². The van der Waals surface area contributed by atoms with Gasteiger partial charge in [-0.05, 0) is 32.3 Å². The smallest absolute Gasteiger partial charge is 0.125 e. The first kappa shape index (κ1) is 12.9. The third-order valence-corrected chi connectivity index (χ3v) is 2.47. The van der Waals surface area contributed by atoms with Crippen LogP contribution in [0.2, 0.25) is 0 Å². The molecule has 90 valence electrons. The first-order chi connectivity index (χ1) is 7.79. The highest BCUT2D eigenvalue weighted by atomic mass is 16.5. The lowest BCUT2D eigenvalue weighted by Gasteiger charge is -2.10. The molecule has 0 aliphatic rings. The quantitative estimate of drug-likeness (QED) is 0.689. The van der Waals surface area contributed by atoms with Crippen LogP contribution in [0.4, 0.5) is 0 Å². The summed E-state index contributed by atoms with van der Waals surface area (Å²) in [6.45, 7) is 2.70. The summed E-state index contributed by atoms with van der Waals surface area (Å²) in [6, 6.07) is 1.81. The molecule has 1 aromatic heterocycles. The zero-order chi connectivity index (χ0) is 11.8. The van der Waals surface area contributed by atoms with E-state index in [2.05, 4.69) is 4.98 Å². The number of pyridine rings is 1. The van der Waals surface area contributed by atoms with Crippen molar-refractivity contribution in [1.29, 1.82) is 0 Å². The van der Waals surface area contributed by atoms with E-state index in [1.807, 2.05) is 6.92 Å². The molecule has 1 heterocycles. The molecule has 0 radical (unpaired) electrons. The second kappa shape index (κ2) is 7.19. The van der Waals surface area contributed by atoms with Crippen molar-refractivity contribution in [2.45, 2.75) is 32.8 Å². The number of ether oxygens (including phenoxy) is 1. The molecule has 0 atom stereocenters. The maximum Gasteiger partial charge on any atom is 0.125 e. The van der Waals surface area contributed by atoms with Crippen LogP contribution in [0.1, 0.15) is 30.5 Å². The Hall–Kier alpha value is -1.13. The minimum atomic E-state index is -0.0620. The van der Waals surface area contributed by atoms with Gasteiger partial charge < -0.3 is 14.9 Å². The molecule has 0 aliphatic carbocycles. The number of nitrogens with zero attached hydrogens (tertiary/aromatic N) is 1. The summed E-state index contributed by atoms with van der Waals surface area (Å²) in [4.78, 5) is 4.05. The van der Waals surface area contributed by atoms with Crippen molar-refractivity contribution in [3.05, 3.63) is 23.5 Å². The average molecular weight is 225 g/mol. The van der Waals surface area contributed by atoms with Crippen molar-refractivity contribution >= 4 is 0 Å². The van der Waals surface area contributed by atoms with Crippen LogP contribution in [0.15, 0.2) is 12.3 Å². The van der Waals surface area contributed by atoms with E-state index in [9.17, 15) is 0 Å². The fourth-order valence-corrected chi connectivity index (χ4v) is 1.45. The van der Waals surface area contributed by atoms with Gasteiger partial charge in [-0.3, -0.25) is 4.98 Å². The van der Waals surface area contributed by atoms with E-state index < -0.39 is 0 Å². The Balaban J connectivity index is 2.41. The number of hydrogen-bond donors (Lipinski definition) is 2. The monoisotopic (exact) mass is 225 g/mol. The van der Waals surface area contributed by atoms with E-state index >= 15 is 0 Å². The predicted octanol–water partition coefficient (Wildman–Crippen LogP) is 1.42. The van der Waals surface area contributed by atoms with Crippen molar-refractivity contribution in [1.82, 2.24) is 4.98 Å². The van der Waals surface area contributed by atoms with Gasteiger partial charge in [-0.25, -0.2) is 0 Å². The number of aromatic nitrogens is 1. The van der Waals surface area contributed by atoms with Gasteiger partial charge in [0.05, 0.1) is 18.9 Å². The maximum absolute atomic E-state index is 9.04. The molecule has 0 fully saturated rings. The Bertz CT molecular complexity index is 315. The Morgan fingerprint density at radius 3 is 2.75 bits per heavy atom. The van der Waals surface area contributed by atoms with Crippen molar-refractivity contribution in [3.8, 4) is 5.75 Å². The van der Waals surface area contributed by atoms with Crippen LogP contribution in [0.3, 0.4) is 0 Å². The number of hydrogen-bond acceptors (Lipinski definition) is 4. The molecule has 0 saturated carbocycles. The zero-order valence-electron chi connectivity index (χ0n) is 9.65. The summed E-state index contributed by atoms with van der Waals surface area (Å²) in [5.41, 5.74) is 1.56. The van der Waals surface area contributed by atoms with Crippen molar-refractivity contribution < 1.29 is 14.9 Å². The molecular weight excluding hydrogens is 206 g/mol. The molecule has 4 heteroatoms. The van der Waals surface area contributed by atoms with Gasteiger partial charge >= 0.3 is 0 Å². The number of aliphatic hydroxyl groups excluding tert-OH is 2. The molecular formula is C12H19NO3. The van der Waals surface area contributed by atoms with Crippen LogP contribution in [0, 0.1) is 6.92 Å². The minimum Gasteiger partial charge on any atom is -0.493 e. The van der Waals surface area contributed by atoms with E-state index in [0.29, 0.717) is 12.3 Å². The van der Waals surface area contributed by atoms with Crippen molar-refractivity contribution in [3.63, 3.8) is 0 Å². The Labute approximate surface area is 95.9 Å². The summed E-state index contributed by atoms with van der Waals surface area (Å²) in [5, 5.41) is 17.7. The SMILES string of the molecule is Cc1c(OCCCCCO)ccnc1CO. The molecule has 4 nitrogen and oxygen atoms in total. The minimum absolute atomic E-state index is 0.0620. The molecule has 0 amide bonds. The van der Waals surface area contributed by atoms with Crippen molar-refractivity contribution in [2.75, 3.05) is 13.2 Å². The lowest BCUT2D eigenvalue weighted by molar-refractivity contribution is 0.261. The normalized spacial score (nSPS) is 10.4. The first-order valence-electron chi connectivity index (χ1n) is 5.58. The molecule has 16 heavy (non-hydrogen) atoms. The fourth-order valence-electron chi connectivity index (χ4n) is 1.45. The largest absolute Gasteiger partial charge is 0.493 e. The average Bonchev–Trinajstić information content (AvgIpc) is 2.31. The highest BCUT2D eigenvalue weighted by Crippen LogP contribution is 2.19. The summed E-state index contributed by atoms with van der Waals surface area (Å²) in [5.74, 6) is 0.781. The first-order valence-corrected chi connectivity index (χ1v) is 5.58. The highest BCUT2D eigenvalue weighted by Gasteiger charge is 2.04. The Kier molecular flexibility index (Phi) is 5.82. The van der Waals surface area contributed by atoms with E-state index in [1.54, 1.807) is 12.3 Å². The molecule has 1 aromatic rings. The van der Waals surface area contributed by atoms with Gasteiger partial charge in [0, 0.05) is 18.4 Å². The number of aliphatic hydroxyl groups is 2. The van der Waals surface area contributed by atoms with Crippen LogP contribution in [0.5, 0.6) is 5.75 Å². The van der Waals surface area contributed by atoms with Crippen molar-refractivity contribution in [2.24, 2.45) is 0 Å². The standard InChI is InChI=1S/C12H19NO3/c1-10-11(9-15)13-6-5-12(10)16-8-4-2-3-7-14/h5-6,14-15H,2-4,7-9H2,1H3. The topological polar surface area (TPSA) is 62.6 Å². The van der Waals surface area contributed by atoms with Gasteiger partial charge in [0.1, 0.15) is 5.75 Å². The lowest BCUT2D eigenvalue weighted by atomic mass is 10.2. The summed E-state index contributed by atoms with van der Waals surface area (Å²) >= 11 is 0. The second-order valence-electron chi connectivity index (χ2n) is 3.67. The van der Waals surface area contributed by atoms with Gasteiger partial charge in [-0.2, -0.15) is 0 Å². The maximum atomic E-state index is 9.04. The third-order valence-electron chi connectivity index (χ3n) is 2.47. The molecule has 1 rings (SSSR count). The van der Waals surface area contributed by atoms with E-state index in [0.717, 1.165) is 30.6 Å². The van der Waals surface area contributed by atoms with Crippen LogP contribution in [-0.2, 0) is 6.61 Å². The third kappa shape index (κ3) is 3.79. The predicted molar refractivity (Wildman–Crippen MR) is 61.3 cm³/mol. The molecule has 0 unspecified atom stereocenters. The fraction of sp³-hybridized carbons (Fsp3) is 0.583. The van der Waals surface area contributed by atoms with Crippen LogP contribution >= 0.6 is 0 Å². The van der Waals surface area contributed by atoms with E-state index in [-0.39, 0.29) is 13.2 Å². The molecule has 2 N–H and O–H groups in total. The molecule has 0 aliphatic heterocycles. The number of rotatable bonds is 7. The summed E-state index contributed by atoms with van der Waals surface area (Å²) < 4.78 is 5.59. The van der Waals surface area contributed by atoms with E-state index in [4.69, 9.17) is 14.9 Å². The Morgan fingerprint density at radius 2 is 2.06 bits per heavy atom. The molecule has 0 saturated heterocycles. The summed E-state index contributed by atoms with van der Waals surface area (Å²) in [7, 11) is 0. The van der Waals surface area contributed by atoms with Crippen LogP contribution in [-0.4, -0.2) is 28.4 Å². The van der Waals surface area contributed by atoms with Gasteiger partial charge in [-0.15, -0.1) is 0 Å². The van der Waals surface area contributed by atoms with Crippen LogP contribution < -0.4 is 4.74 Å². The molecule has 0 aromatic carbocycles. The summed E-state index contributed by atoms with van der Waals surface area (Å²) in [6.07, 6.45) is 4.35. The lowest BCUT2D eigenvalue weighted by Crippen LogP contribution is -2.02. The second-order valence-corrected chi connectivity index (χ2v) is 3.67. The van der Waals surface area contributed by atoms with E-state index in [1.165, 1.54) is 0 Å². The van der Waals surface area contributed by atoms with Gasteiger partial charge in [-0.1, -0.05) is 0 Å².